The number of carbonyl (C=O) groups is 1. The molecule has 0 amide bonds. The number of hydrogen-bond donors (Lipinski definition) is 2. The fraction of sp³-hybridized carbons (Fsp3) is 0.533. The molecule has 0 radical (unpaired) electrons. The molecule has 1 aliphatic heterocycles. The molecule has 0 saturated carbocycles. The number of carboxylic acid groups (broad SMARTS) is 1. The van der Waals surface area contributed by atoms with Gasteiger partial charge in [0, 0.05) is 6.54 Å². The van der Waals surface area contributed by atoms with E-state index in [1.807, 2.05) is 6.92 Å². The van der Waals surface area contributed by atoms with E-state index in [1.54, 1.807) is 0 Å². The summed E-state index contributed by atoms with van der Waals surface area (Å²) in [5.74, 6) is -0.0355. The molecule has 98 valence electrons. The Kier molecular flexibility index (Phi) is 4.37. The number of carboxylic acids is 1. The van der Waals surface area contributed by atoms with Gasteiger partial charge in [-0.1, -0.05) is 31.2 Å². The Morgan fingerprint density at radius 1 is 1.44 bits per heavy atom. The van der Waals surface area contributed by atoms with Crippen molar-refractivity contribution in [3.8, 4) is 0 Å². The zero-order valence-electron chi connectivity index (χ0n) is 10.9. The molecule has 1 saturated heterocycles. The molecule has 2 atom stereocenters. The average Bonchev–Trinajstić information content (AvgIpc) is 2.39. The lowest BCUT2D eigenvalue weighted by atomic mass is 9.89. The summed E-state index contributed by atoms with van der Waals surface area (Å²) in [6.07, 6.45) is 2.68. The molecule has 2 N–H and O–H groups in total. The highest BCUT2D eigenvalue weighted by Gasteiger charge is 2.16. The molecule has 3 heteroatoms. The third-order valence-corrected chi connectivity index (χ3v) is 3.75. The van der Waals surface area contributed by atoms with Gasteiger partial charge in [0.05, 0.1) is 6.42 Å². The first-order valence-corrected chi connectivity index (χ1v) is 6.69. The van der Waals surface area contributed by atoms with Gasteiger partial charge < -0.3 is 10.4 Å². The molecule has 2 rings (SSSR count). The third-order valence-electron chi connectivity index (χ3n) is 3.75. The van der Waals surface area contributed by atoms with Gasteiger partial charge in [-0.25, -0.2) is 0 Å². The van der Waals surface area contributed by atoms with Crippen molar-refractivity contribution in [2.24, 2.45) is 0 Å². The van der Waals surface area contributed by atoms with Crippen molar-refractivity contribution in [3.63, 3.8) is 0 Å². The first kappa shape index (κ1) is 13.1. The Labute approximate surface area is 108 Å². The summed E-state index contributed by atoms with van der Waals surface area (Å²) in [6.45, 7) is 4.15. The number of nitrogens with one attached hydrogen (secondary N) is 1. The Morgan fingerprint density at radius 3 is 2.72 bits per heavy atom. The zero-order chi connectivity index (χ0) is 13.0. The van der Waals surface area contributed by atoms with Crippen LogP contribution in [0.2, 0.25) is 0 Å². The standard InChI is InChI=1S/C15H21NO2/c1-11(9-15(17)18)12-4-6-13(7-5-12)14-3-2-8-16-10-14/h4-7,11,14,16H,2-3,8-10H2,1H3,(H,17,18). The Morgan fingerprint density at radius 2 is 2.17 bits per heavy atom. The van der Waals surface area contributed by atoms with Gasteiger partial charge in [0.2, 0.25) is 0 Å². The summed E-state index contributed by atoms with van der Waals surface area (Å²) in [5.41, 5.74) is 2.48. The van der Waals surface area contributed by atoms with E-state index in [0.717, 1.165) is 18.7 Å². The van der Waals surface area contributed by atoms with E-state index >= 15 is 0 Å². The lowest BCUT2D eigenvalue weighted by Gasteiger charge is -2.23. The van der Waals surface area contributed by atoms with Crippen molar-refractivity contribution in [1.82, 2.24) is 5.32 Å². The van der Waals surface area contributed by atoms with E-state index in [-0.39, 0.29) is 12.3 Å². The van der Waals surface area contributed by atoms with Gasteiger partial charge in [-0.15, -0.1) is 0 Å². The highest BCUT2D eigenvalue weighted by Crippen LogP contribution is 2.26. The number of aliphatic carboxylic acids is 1. The highest BCUT2D eigenvalue weighted by molar-refractivity contribution is 5.67. The van der Waals surface area contributed by atoms with Crippen LogP contribution in [-0.4, -0.2) is 24.2 Å². The summed E-state index contributed by atoms with van der Waals surface area (Å²) in [5, 5.41) is 12.2. The van der Waals surface area contributed by atoms with Crippen LogP contribution in [-0.2, 0) is 4.79 Å². The van der Waals surface area contributed by atoms with Crippen molar-refractivity contribution in [1.29, 1.82) is 0 Å². The van der Waals surface area contributed by atoms with Crippen LogP contribution in [0.5, 0.6) is 0 Å². The molecular formula is C15H21NO2. The molecule has 1 aromatic rings. The molecule has 0 aliphatic carbocycles. The van der Waals surface area contributed by atoms with Crippen molar-refractivity contribution < 1.29 is 9.90 Å². The van der Waals surface area contributed by atoms with Gasteiger partial charge in [0.25, 0.3) is 0 Å². The lowest BCUT2D eigenvalue weighted by Crippen LogP contribution is -2.28. The van der Waals surface area contributed by atoms with Crippen LogP contribution in [0, 0.1) is 0 Å². The van der Waals surface area contributed by atoms with E-state index in [0.29, 0.717) is 5.92 Å². The van der Waals surface area contributed by atoms with E-state index < -0.39 is 5.97 Å². The van der Waals surface area contributed by atoms with Crippen LogP contribution < -0.4 is 5.32 Å². The molecule has 1 heterocycles. The minimum atomic E-state index is -0.733. The molecular weight excluding hydrogens is 226 g/mol. The van der Waals surface area contributed by atoms with Crippen LogP contribution in [0.3, 0.4) is 0 Å². The van der Waals surface area contributed by atoms with Gasteiger partial charge in [-0.3, -0.25) is 4.79 Å². The minimum Gasteiger partial charge on any atom is -0.481 e. The summed E-state index contributed by atoms with van der Waals surface area (Å²) >= 11 is 0. The normalized spacial score (nSPS) is 21.5. The molecule has 1 aliphatic rings. The van der Waals surface area contributed by atoms with Gasteiger partial charge in [0.15, 0.2) is 0 Å². The van der Waals surface area contributed by atoms with Crippen molar-refractivity contribution in [2.75, 3.05) is 13.1 Å². The van der Waals surface area contributed by atoms with E-state index in [1.165, 1.54) is 18.4 Å². The third kappa shape index (κ3) is 3.33. The fourth-order valence-electron chi connectivity index (χ4n) is 2.61. The SMILES string of the molecule is CC(CC(=O)O)c1ccc(C2CCCNC2)cc1. The molecule has 0 aromatic heterocycles. The van der Waals surface area contributed by atoms with Gasteiger partial charge >= 0.3 is 5.97 Å². The number of piperidine rings is 1. The van der Waals surface area contributed by atoms with Crippen molar-refractivity contribution >= 4 is 5.97 Å². The van der Waals surface area contributed by atoms with Crippen LogP contribution in [0.15, 0.2) is 24.3 Å². The molecule has 1 aromatic carbocycles. The first-order valence-electron chi connectivity index (χ1n) is 6.69. The quantitative estimate of drug-likeness (QED) is 0.860. The van der Waals surface area contributed by atoms with Crippen LogP contribution in [0.4, 0.5) is 0 Å². The maximum absolute atomic E-state index is 10.7. The molecule has 2 unspecified atom stereocenters. The molecule has 0 bridgehead atoms. The van der Waals surface area contributed by atoms with Crippen LogP contribution in [0.1, 0.15) is 49.1 Å². The summed E-state index contributed by atoms with van der Waals surface area (Å²) in [4.78, 5) is 10.7. The summed E-state index contributed by atoms with van der Waals surface area (Å²) in [7, 11) is 0. The predicted molar refractivity (Wildman–Crippen MR) is 72.0 cm³/mol. The highest BCUT2D eigenvalue weighted by atomic mass is 16.4. The largest absolute Gasteiger partial charge is 0.481 e. The molecule has 1 fully saturated rings. The summed E-state index contributed by atoms with van der Waals surface area (Å²) < 4.78 is 0. The van der Waals surface area contributed by atoms with Crippen molar-refractivity contribution in [2.45, 2.75) is 38.0 Å². The monoisotopic (exact) mass is 247 g/mol. The summed E-state index contributed by atoms with van der Waals surface area (Å²) in [6, 6.07) is 8.48. The Balaban J connectivity index is 2.02. The predicted octanol–water partition coefficient (Wildman–Crippen LogP) is 2.73. The van der Waals surface area contributed by atoms with Crippen LogP contribution >= 0.6 is 0 Å². The second kappa shape index (κ2) is 6.01. The number of benzene rings is 1. The molecule has 0 spiro atoms. The van der Waals surface area contributed by atoms with E-state index in [4.69, 9.17) is 5.11 Å². The Bertz CT molecular complexity index is 393. The van der Waals surface area contributed by atoms with Gasteiger partial charge in [0.1, 0.15) is 0 Å². The number of rotatable bonds is 4. The average molecular weight is 247 g/mol. The van der Waals surface area contributed by atoms with E-state index in [2.05, 4.69) is 29.6 Å². The topological polar surface area (TPSA) is 49.3 Å². The van der Waals surface area contributed by atoms with Crippen molar-refractivity contribution in [3.05, 3.63) is 35.4 Å². The molecule has 3 nitrogen and oxygen atoms in total. The van der Waals surface area contributed by atoms with Gasteiger partial charge in [-0.2, -0.15) is 0 Å². The first-order chi connectivity index (χ1) is 8.66. The van der Waals surface area contributed by atoms with Crippen LogP contribution in [0.25, 0.3) is 0 Å². The van der Waals surface area contributed by atoms with Gasteiger partial charge in [-0.05, 0) is 42.3 Å². The maximum Gasteiger partial charge on any atom is 0.303 e. The van der Waals surface area contributed by atoms with E-state index in [9.17, 15) is 4.79 Å². The maximum atomic E-state index is 10.7. The fourth-order valence-corrected chi connectivity index (χ4v) is 2.61. The Hall–Kier alpha value is -1.35. The lowest BCUT2D eigenvalue weighted by molar-refractivity contribution is -0.137. The molecule has 18 heavy (non-hydrogen) atoms. The zero-order valence-corrected chi connectivity index (χ0v) is 10.9. The smallest absolute Gasteiger partial charge is 0.303 e. The number of hydrogen-bond acceptors (Lipinski definition) is 2. The second-order valence-corrected chi connectivity index (χ2v) is 5.21. The minimum absolute atomic E-state index is 0.0843. The second-order valence-electron chi connectivity index (χ2n) is 5.21.